The molecule has 11 nitrogen and oxygen atoms in total. The fourth-order valence-electron chi connectivity index (χ4n) is 6.84. The summed E-state index contributed by atoms with van der Waals surface area (Å²) in [5, 5.41) is 19.4. The van der Waals surface area contributed by atoms with Gasteiger partial charge in [0.15, 0.2) is 0 Å². The smallest absolute Gasteiger partial charge is 0.258 e. The number of carbonyl (C=O) groups is 2. The molecule has 4 N–H and O–H groups in total. The zero-order valence-electron chi connectivity index (χ0n) is 27.5. The molecule has 2 amide bonds. The summed E-state index contributed by atoms with van der Waals surface area (Å²) in [5.74, 6) is 0.862. The molecule has 3 aliphatic rings. The number of nitrogens with one attached hydrogen (secondary N) is 3. The highest BCUT2D eigenvalue weighted by Crippen LogP contribution is 2.43. The highest BCUT2D eigenvalue weighted by Gasteiger charge is 2.30. The molecule has 7 rings (SSSR count). The Kier molecular flexibility index (Phi) is 10.2. The van der Waals surface area contributed by atoms with E-state index in [4.69, 9.17) is 32.7 Å². The van der Waals surface area contributed by atoms with E-state index in [2.05, 4.69) is 30.8 Å². The normalized spacial score (nSPS) is 18.8. The largest absolute Gasteiger partial charge is 0.481 e. The molecule has 0 spiro atoms. The SMILES string of the molecule is COc1nc(O[C@H]2CCc3c(-c4cccc(C(=O)Nc5ccc(CN6CC(O)C6)cn5)c4Cl)cccc32)c(Cl)cc1CNC[C@@H]1CCC(=O)N1. The first-order valence-corrected chi connectivity index (χ1v) is 17.5. The minimum Gasteiger partial charge on any atom is -0.481 e. The summed E-state index contributed by atoms with van der Waals surface area (Å²) in [5.41, 5.74) is 5.92. The van der Waals surface area contributed by atoms with Crippen LogP contribution in [0.25, 0.3) is 11.1 Å². The van der Waals surface area contributed by atoms with Crippen LogP contribution in [0.1, 0.15) is 58.0 Å². The summed E-state index contributed by atoms with van der Waals surface area (Å²) in [4.78, 5) is 36.0. The van der Waals surface area contributed by atoms with Crippen LogP contribution in [-0.2, 0) is 24.3 Å². The summed E-state index contributed by atoms with van der Waals surface area (Å²) >= 11 is 13.6. The van der Waals surface area contributed by atoms with E-state index in [0.717, 1.165) is 46.2 Å². The molecule has 50 heavy (non-hydrogen) atoms. The van der Waals surface area contributed by atoms with Gasteiger partial charge in [-0.05, 0) is 59.7 Å². The van der Waals surface area contributed by atoms with Crippen molar-refractivity contribution in [3.05, 3.63) is 98.7 Å². The molecule has 2 atom stereocenters. The lowest BCUT2D eigenvalue weighted by molar-refractivity contribution is -0.119. The molecular weight excluding hydrogens is 679 g/mol. The third kappa shape index (κ3) is 7.42. The van der Waals surface area contributed by atoms with Crippen molar-refractivity contribution in [2.24, 2.45) is 0 Å². The van der Waals surface area contributed by atoms with Gasteiger partial charge in [0.1, 0.15) is 16.9 Å². The van der Waals surface area contributed by atoms with Crippen molar-refractivity contribution >= 4 is 40.8 Å². The minimum atomic E-state index is -0.352. The first kappa shape index (κ1) is 34.2. The highest BCUT2D eigenvalue weighted by molar-refractivity contribution is 6.37. The van der Waals surface area contributed by atoms with Crippen molar-refractivity contribution in [2.45, 2.75) is 57.0 Å². The quantitative estimate of drug-likeness (QED) is 0.154. The Morgan fingerprint density at radius 1 is 1.06 bits per heavy atom. The van der Waals surface area contributed by atoms with E-state index in [-0.39, 0.29) is 35.9 Å². The second-order valence-electron chi connectivity index (χ2n) is 12.9. The molecule has 13 heteroatoms. The number of amides is 2. The van der Waals surface area contributed by atoms with Gasteiger partial charge in [-0.15, -0.1) is 0 Å². The first-order valence-electron chi connectivity index (χ1n) is 16.7. The number of aromatic nitrogens is 2. The van der Waals surface area contributed by atoms with Crippen molar-refractivity contribution in [3.8, 4) is 22.9 Å². The Hall–Kier alpha value is -4.26. The Morgan fingerprint density at radius 3 is 2.62 bits per heavy atom. The number of fused-ring (bicyclic) bond motifs is 1. The van der Waals surface area contributed by atoms with E-state index in [1.807, 2.05) is 36.4 Å². The van der Waals surface area contributed by atoms with Crippen LogP contribution in [0.15, 0.2) is 60.8 Å². The second kappa shape index (κ2) is 14.9. The predicted molar refractivity (Wildman–Crippen MR) is 191 cm³/mol. The summed E-state index contributed by atoms with van der Waals surface area (Å²) in [6.45, 7) is 3.13. The van der Waals surface area contributed by atoms with Crippen LogP contribution in [0, 0.1) is 0 Å². The lowest BCUT2D eigenvalue weighted by Crippen LogP contribution is -2.49. The number of carbonyl (C=O) groups excluding carboxylic acids is 2. The number of hydrogen-bond donors (Lipinski definition) is 4. The number of halogens is 2. The number of β-amino-alcohol motifs (C(OH)–C–C–N with tert-alkyl or cyclic N) is 1. The van der Waals surface area contributed by atoms with Gasteiger partial charge in [0.05, 0.1) is 23.8 Å². The molecule has 0 saturated carbocycles. The predicted octanol–water partition coefficient (Wildman–Crippen LogP) is 5.32. The fourth-order valence-corrected chi connectivity index (χ4v) is 7.37. The molecule has 0 radical (unpaired) electrons. The average Bonchev–Trinajstić information content (AvgIpc) is 3.71. The number of hydrogen-bond acceptors (Lipinski definition) is 9. The molecule has 1 aliphatic carbocycles. The maximum Gasteiger partial charge on any atom is 0.258 e. The monoisotopic (exact) mass is 716 g/mol. The van der Waals surface area contributed by atoms with Gasteiger partial charge in [0, 0.05) is 62.5 Å². The molecule has 2 aromatic carbocycles. The van der Waals surface area contributed by atoms with Crippen molar-refractivity contribution in [3.63, 3.8) is 0 Å². The zero-order chi connectivity index (χ0) is 34.8. The number of likely N-dealkylation sites (tertiary alicyclic amines) is 1. The number of benzene rings is 2. The standard InChI is InChI=1S/C37H38Cl2N6O5/c1-49-36-22(16-40-17-23-9-13-33(47)42-23)14-30(38)37(44-36)50-31-11-10-26-25(4-2-5-27(26)31)28-6-3-7-29(34(28)39)35(48)43-32-12-8-21(15-41-32)18-45-19-24(46)20-45/h2-8,12,14-15,23-24,31,40,46H,9-11,13,16-20H2,1H3,(H,42,47)(H,41,43,48)/t23-,31-/m0/s1. The lowest BCUT2D eigenvalue weighted by Gasteiger charge is -2.35. The van der Waals surface area contributed by atoms with E-state index in [9.17, 15) is 14.7 Å². The van der Waals surface area contributed by atoms with Gasteiger partial charge in [-0.2, -0.15) is 4.98 Å². The first-order chi connectivity index (χ1) is 24.2. The summed E-state index contributed by atoms with van der Waals surface area (Å²) < 4.78 is 12.0. The molecule has 2 saturated heterocycles. The molecule has 4 heterocycles. The summed E-state index contributed by atoms with van der Waals surface area (Å²) in [7, 11) is 1.56. The van der Waals surface area contributed by atoms with Crippen LogP contribution < -0.4 is 25.4 Å². The molecule has 260 valence electrons. The molecule has 2 aromatic heterocycles. The van der Waals surface area contributed by atoms with Crippen molar-refractivity contribution in [1.29, 1.82) is 0 Å². The summed E-state index contributed by atoms with van der Waals surface area (Å²) in [6, 6.07) is 17.0. The number of ether oxygens (including phenoxy) is 2. The maximum atomic E-state index is 13.4. The minimum absolute atomic E-state index is 0.0811. The van der Waals surface area contributed by atoms with E-state index in [0.29, 0.717) is 72.9 Å². The number of aliphatic hydroxyl groups excluding tert-OH is 1. The lowest BCUT2D eigenvalue weighted by atomic mass is 9.95. The van der Waals surface area contributed by atoms with Gasteiger partial charge >= 0.3 is 0 Å². The maximum absolute atomic E-state index is 13.4. The third-order valence-corrected chi connectivity index (χ3v) is 10.1. The molecule has 0 bridgehead atoms. The average molecular weight is 718 g/mol. The van der Waals surface area contributed by atoms with Gasteiger partial charge in [-0.3, -0.25) is 14.5 Å². The zero-order valence-corrected chi connectivity index (χ0v) is 29.1. The Balaban J connectivity index is 1.04. The summed E-state index contributed by atoms with van der Waals surface area (Å²) in [6.07, 6.45) is 4.00. The van der Waals surface area contributed by atoms with Crippen molar-refractivity contribution in [2.75, 3.05) is 32.1 Å². The van der Waals surface area contributed by atoms with Gasteiger partial charge < -0.3 is 30.5 Å². The van der Waals surface area contributed by atoms with E-state index < -0.39 is 0 Å². The van der Waals surface area contributed by atoms with Crippen LogP contribution in [0.5, 0.6) is 11.8 Å². The fraction of sp³-hybridized carbons (Fsp3) is 0.351. The van der Waals surface area contributed by atoms with Gasteiger partial charge in [-0.25, -0.2) is 4.98 Å². The van der Waals surface area contributed by atoms with E-state index in [1.165, 1.54) is 0 Å². The van der Waals surface area contributed by atoms with Crippen LogP contribution in [0.4, 0.5) is 5.82 Å². The van der Waals surface area contributed by atoms with Gasteiger partial charge in [-0.1, -0.05) is 59.6 Å². The number of pyridine rings is 2. The number of anilines is 1. The van der Waals surface area contributed by atoms with Crippen LogP contribution in [-0.4, -0.2) is 70.7 Å². The van der Waals surface area contributed by atoms with Crippen molar-refractivity contribution < 1.29 is 24.2 Å². The van der Waals surface area contributed by atoms with E-state index >= 15 is 0 Å². The van der Waals surface area contributed by atoms with Crippen LogP contribution >= 0.6 is 23.2 Å². The van der Waals surface area contributed by atoms with Crippen LogP contribution in [0.3, 0.4) is 0 Å². The third-order valence-electron chi connectivity index (χ3n) is 9.38. The van der Waals surface area contributed by atoms with Gasteiger partial charge in [0.25, 0.3) is 5.91 Å². The Labute approximate surface area is 300 Å². The number of rotatable bonds is 12. The number of nitrogens with zero attached hydrogens (tertiary/aromatic N) is 3. The second-order valence-corrected chi connectivity index (χ2v) is 13.7. The molecule has 2 aliphatic heterocycles. The number of methoxy groups -OCH3 is 1. The Morgan fingerprint density at radius 2 is 1.88 bits per heavy atom. The van der Waals surface area contributed by atoms with Crippen LogP contribution in [0.2, 0.25) is 10.0 Å². The molecular formula is C37H38Cl2N6O5. The molecule has 4 aromatic rings. The Bertz CT molecular complexity index is 1900. The molecule has 0 unspecified atom stereocenters. The molecule has 2 fully saturated rings. The van der Waals surface area contributed by atoms with Gasteiger partial charge in [0.2, 0.25) is 17.7 Å². The van der Waals surface area contributed by atoms with Crippen molar-refractivity contribution in [1.82, 2.24) is 25.5 Å². The highest BCUT2D eigenvalue weighted by atomic mass is 35.5. The number of aliphatic hydroxyl groups is 1. The topological polar surface area (TPSA) is 138 Å². The van der Waals surface area contributed by atoms with E-state index in [1.54, 1.807) is 31.5 Å².